The maximum Gasteiger partial charge on any atom is 0.338 e. The normalized spacial score (nSPS) is 11.1. The fourth-order valence-corrected chi connectivity index (χ4v) is 3.50. The smallest absolute Gasteiger partial charge is 0.338 e. The first-order chi connectivity index (χ1) is 11.4. The third-order valence-electron chi connectivity index (χ3n) is 3.13. The largest absolute Gasteiger partial charge is 0.462 e. The molecule has 0 atom stereocenters. The molecular formula is C17H18ClNO4S. The Morgan fingerprint density at radius 3 is 2.42 bits per heavy atom. The summed E-state index contributed by atoms with van der Waals surface area (Å²) in [6.45, 7) is 2.26. The van der Waals surface area contributed by atoms with E-state index in [1.165, 1.54) is 24.3 Å². The molecular weight excluding hydrogens is 350 g/mol. The van der Waals surface area contributed by atoms with Gasteiger partial charge in [-0.25, -0.2) is 13.2 Å². The summed E-state index contributed by atoms with van der Waals surface area (Å²) in [6, 6.07) is 12.9. The average molecular weight is 368 g/mol. The molecule has 0 aliphatic carbocycles. The summed E-state index contributed by atoms with van der Waals surface area (Å²) in [7, 11) is -3.61. The maximum absolute atomic E-state index is 12.2. The van der Waals surface area contributed by atoms with Crippen LogP contribution in [0.2, 0.25) is 5.02 Å². The standard InChI is InChI=1S/C17H18ClNO4S/c1-2-11-23-17(20)13-7-9-15(10-8-13)19-24(21,22)12-14-5-3-4-6-16(14)18/h3-10,19H,2,11-12H2,1H3. The van der Waals surface area contributed by atoms with Crippen LogP contribution in [-0.2, 0) is 20.5 Å². The summed E-state index contributed by atoms with van der Waals surface area (Å²) in [6.07, 6.45) is 0.742. The Hall–Kier alpha value is -2.05. The van der Waals surface area contributed by atoms with Crippen molar-refractivity contribution in [2.75, 3.05) is 11.3 Å². The van der Waals surface area contributed by atoms with Crippen molar-refractivity contribution >= 4 is 33.3 Å². The van der Waals surface area contributed by atoms with Gasteiger partial charge in [-0.05, 0) is 42.3 Å². The zero-order valence-electron chi connectivity index (χ0n) is 13.2. The lowest BCUT2D eigenvalue weighted by molar-refractivity contribution is 0.0505. The first-order valence-electron chi connectivity index (χ1n) is 7.42. The van der Waals surface area contributed by atoms with Gasteiger partial charge in [-0.15, -0.1) is 0 Å². The minimum atomic E-state index is -3.61. The van der Waals surface area contributed by atoms with Gasteiger partial charge in [0.2, 0.25) is 10.0 Å². The van der Waals surface area contributed by atoms with E-state index < -0.39 is 16.0 Å². The van der Waals surface area contributed by atoms with Crippen LogP contribution in [0.3, 0.4) is 0 Å². The molecule has 0 heterocycles. The molecule has 5 nitrogen and oxygen atoms in total. The van der Waals surface area contributed by atoms with Crippen molar-refractivity contribution < 1.29 is 17.9 Å². The topological polar surface area (TPSA) is 72.5 Å². The van der Waals surface area contributed by atoms with Crippen molar-refractivity contribution in [2.45, 2.75) is 19.1 Å². The molecule has 0 spiro atoms. The monoisotopic (exact) mass is 367 g/mol. The lowest BCUT2D eigenvalue weighted by Crippen LogP contribution is -2.15. The fraction of sp³-hybridized carbons (Fsp3) is 0.235. The third kappa shape index (κ3) is 5.25. The first-order valence-corrected chi connectivity index (χ1v) is 9.45. The molecule has 0 saturated heterocycles. The van der Waals surface area contributed by atoms with E-state index in [-0.39, 0.29) is 5.75 Å². The second-order valence-corrected chi connectivity index (χ2v) is 7.30. The van der Waals surface area contributed by atoms with Crippen LogP contribution < -0.4 is 4.72 Å². The Morgan fingerprint density at radius 2 is 1.79 bits per heavy atom. The molecule has 0 amide bonds. The van der Waals surface area contributed by atoms with E-state index >= 15 is 0 Å². The number of anilines is 1. The lowest BCUT2D eigenvalue weighted by atomic mass is 10.2. The molecule has 128 valence electrons. The van der Waals surface area contributed by atoms with E-state index in [1.54, 1.807) is 24.3 Å². The van der Waals surface area contributed by atoms with E-state index in [0.717, 1.165) is 6.42 Å². The Labute approximate surface area is 146 Å². The maximum atomic E-state index is 12.2. The van der Waals surface area contributed by atoms with Crippen LogP contribution in [0.5, 0.6) is 0 Å². The van der Waals surface area contributed by atoms with Crippen LogP contribution in [0.25, 0.3) is 0 Å². The Balaban J connectivity index is 2.05. The number of halogens is 1. The number of hydrogen-bond acceptors (Lipinski definition) is 4. The first kappa shape index (κ1) is 18.3. The number of rotatable bonds is 7. The number of sulfonamides is 1. The van der Waals surface area contributed by atoms with Gasteiger partial charge in [-0.3, -0.25) is 4.72 Å². The van der Waals surface area contributed by atoms with Gasteiger partial charge in [0.25, 0.3) is 0 Å². The van der Waals surface area contributed by atoms with Crippen LogP contribution >= 0.6 is 11.6 Å². The second-order valence-electron chi connectivity index (χ2n) is 5.17. The summed E-state index contributed by atoms with van der Waals surface area (Å²) in [5.74, 6) is -0.658. The van der Waals surface area contributed by atoms with E-state index in [2.05, 4.69) is 4.72 Å². The average Bonchev–Trinajstić information content (AvgIpc) is 2.55. The van der Waals surface area contributed by atoms with E-state index in [9.17, 15) is 13.2 Å². The highest BCUT2D eigenvalue weighted by atomic mass is 35.5. The van der Waals surface area contributed by atoms with Crippen molar-refractivity contribution in [3.63, 3.8) is 0 Å². The molecule has 0 aromatic heterocycles. The molecule has 0 aliphatic heterocycles. The highest BCUT2D eigenvalue weighted by Crippen LogP contribution is 2.19. The van der Waals surface area contributed by atoms with Gasteiger partial charge in [0.1, 0.15) is 0 Å². The van der Waals surface area contributed by atoms with Crippen LogP contribution in [0.4, 0.5) is 5.69 Å². The Morgan fingerprint density at radius 1 is 1.12 bits per heavy atom. The fourth-order valence-electron chi connectivity index (χ4n) is 1.99. The van der Waals surface area contributed by atoms with Crippen LogP contribution in [0, 0.1) is 0 Å². The SMILES string of the molecule is CCCOC(=O)c1ccc(NS(=O)(=O)Cc2ccccc2Cl)cc1. The van der Waals surface area contributed by atoms with Crippen molar-refractivity contribution in [1.82, 2.24) is 0 Å². The number of hydrogen-bond donors (Lipinski definition) is 1. The molecule has 0 radical (unpaired) electrons. The van der Waals surface area contributed by atoms with Crippen molar-refractivity contribution in [2.24, 2.45) is 0 Å². The predicted molar refractivity (Wildman–Crippen MR) is 94.7 cm³/mol. The molecule has 2 aromatic rings. The summed E-state index contributed by atoms with van der Waals surface area (Å²) in [4.78, 5) is 11.7. The molecule has 7 heteroatoms. The number of esters is 1. The molecule has 2 aromatic carbocycles. The van der Waals surface area contributed by atoms with Crippen molar-refractivity contribution in [3.05, 3.63) is 64.7 Å². The zero-order chi connectivity index (χ0) is 17.6. The van der Waals surface area contributed by atoms with E-state index in [4.69, 9.17) is 16.3 Å². The van der Waals surface area contributed by atoms with Crippen LogP contribution in [0.1, 0.15) is 29.3 Å². The summed E-state index contributed by atoms with van der Waals surface area (Å²) < 4.78 is 31.9. The van der Waals surface area contributed by atoms with Crippen LogP contribution in [0.15, 0.2) is 48.5 Å². The number of nitrogens with one attached hydrogen (secondary N) is 1. The number of carbonyl (C=O) groups excluding carboxylic acids is 1. The zero-order valence-corrected chi connectivity index (χ0v) is 14.7. The second kappa shape index (κ2) is 8.17. The highest BCUT2D eigenvalue weighted by molar-refractivity contribution is 7.91. The lowest BCUT2D eigenvalue weighted by Gasteiger charge is -2.10. The highest BCUT2D eigenvalue weighted by Gasteiger charge is 2.14. The van der Waals surface area contributed by atoms with Gasteiger partial charge < -0.3 is 4.74 Å². The van der Waals surface area contributed by atoms with Gasteiger partial charge in [0.15, 0.2) is 0 Å². The summed E-state index contributed by atoms with van der Waals surface area (Å²) in [5.41, 5.74) is 1.26. The predicted octanol–water partition coefficient (Wildman–Crippen LogP) is 3.85. The number of ether oxygens (including phenoxy) is 1. The Kier molecular flexibility index (Phi) is 6.23. The van der Waals surface area contributed by atoms with Gasteiger partial charge in [-0.2, -0.15) is 0 Å². The minimum absolute atomic E-state index is 0.229. The van der Waals surface area contributed by atoms with Gasteiger partial charge in [0.05, 0.1) is 17.9 Å². The summed E-state index contributed by atoms with van der Waals surface area (Å²) in [5, 5.41) is 0.400. The quantitative estimate of drug-likeness (QED) is 0.754. The molecule has 1 N–H and O–H groups in total. The molecule has 0 bridgehead atoms. The van der Waals surface area contributed by atoms with E-state index in [0.29, 0.717) is 28.4 Å². The van der Waals surface area contributed by atoms with Crippen molar-refractivity contribution in [3.8, 4) is 0 Å². The molecule has 0 unspecified atom stereocenters. The summed E-state index contributed by atoms with van der Waals surface area (Å²) >= 11 is 5.99. The van der Waals surface area contributed by atoms with Gasteiger partial charge in [-0.1, -0.05) is 36.7 Å². The van der Waals surface area contributed by atoms with Gasteiger partial charge >= 0.3 is 5.97 Å². The van der Waals surface area contributed by atoms with Crippen LogP contribution in [-0.4, -0.2) is 21.0 Å². The minimum Gasteiger partial charge on any atom is -0.462 e. The molecule has 24 heavy (non-hydrogen) atoms. The molecule has 0 aliphatic rings. The number of benzene rings is 2. The third-order valence-corrected chi connectivity index (χ3v) is 4.74. The van der Waals surface area contributed by atoms with E-state index in [1.807, 2.05) is 6.92 Å². The molecule has 0 saturated carbocycles. The van der Waals surface area contributed by atoms with Crippen molar-refractivity contribution in [1.29, 1.82) is 0 Å². The molecule has 2 rings (SSSR count). The Bertz CT molecular complexity index is 804. The van der Waals surface area contributed by atoms with Gasteiger partial charge in [0, 0.05) is 10.7 Å². The molecule has 0 fully saturated rings. The number of carbonyl (C=O) groups is 1.